The van der Waals surface area contributed by atoms with Crippen molar-refractivity contribution in [3.8, 4) is 5.75 Å². The molecule has 1 unspecified atom stereocenters. The van der Waals surface area contributed by atoms with Crippen LogP contribution in [0.4, 0.5) is 9.59 Å². The van der Waals surface area contributed by atoms with Crippen molar-refractivity contribution < 1.29 is 38.6 Å². The molecule has 13 heteroatoms. The van der Waals surface area contributed by atoms with Crippen molar-refractivity contribution in [2.24, 2.45) is 17.8 Å². The zero-order chi connectivity index (χ0) is 42.1. The van der Waals surface area contributed by atoms with Crippen LogP contribution in [-0.2, 0) is 36.8 Å². The Balaban J connectivity index is 2.27. The highest BCUT2D eigenvalue weighted by Crippen LogP contribution is 2.17. The third-order valence-corrected chi connectivity index (χ3v) is 8.49. The van der Waals surface area contributed by atoms with Crippen LogP contribution >= 0.6 is 0 Å². The quantitative estimate of drug-likeness (QED) is 0.0710. The number of hydrogen-bond acceptors (Lipinski definition) is 8. The zero-order valence-electron chi connectivity index (χ0n) is 34.9. The number of unbranched alkanes of at least 4 members (excludes halogenated alkanes) is 1. The number of phenolic OH excluding ortho intramolecular Hbond substituents is 1. The number of aromatic hydroxyl groups is 1. The Morgan fingerprint density at radius 1 is 0.643 bits per heavy atom. The minimum atomic E-state index is -1.08. The van der Waals surface area contributed by atoms with Crippen molar-refractivity contribution in [1.82, 2.24) is 26.6 Å². The molecule has 0 radical (unpaired) electrons. The molecule has 4 atom stereocenters. The zero-order valence-corrected chi connectivity index (χ0v) is 34.9. The Kier molecular flexibility index (Phi) is 18.9. The lowest BCUT2D eigenvalue weighted by Gasteiger charge is -2.27. The van der Waals surface area contributed by atoms with Crippen molar-refractivity contribution in [1.29, 1.82) is 0 Å². The molecule has 2 rings (SSSR count). The molecular formula is C43H65N5O8. The SMILES string of the molecule is CC(C)C(/C=C/[C@@H](NC(=O)[C@H](Cc1ccc(O)cc1)NC(=O)[C@H](CCCCNC(=O)OC(C)(C)C)NC(=O)OC(C)(C)C)C(C)C)C(=O)NCc1ccccc1. The highest BCUT2D eigenvalue weighted by molar-refractivity contribution is 5.91. The molecule has 5 amide bonds. The van der Waals surface area contributed by atoms with E-state index >= 15 is 0 Å². The van der Waals surface area contributed by atoms with E-state index < -0.39 is 59.2 Å². The lowest BCUT2D eigenvalue weighted by molar-refractivity contribution is -0.130. The lowest BCUT2D eigenvalue weighted by atomic mass is 9.92. The summed E-state index contributed by atoms with van der Waals surface area (Å²) in [5.74, 6) is -1.69. The molecule has 56 heavy (non-hydrogen) atoms. The second kappa shape index (κ2) is 22.5. The average molecular weight is 780 g/mol. The Morgan fingerprint density at radius 2 is 1.23 bits per heavy atom. The normalized spacial score (nSPS) is 14.0. The number of ether oxygens (including phenoxy) is 2. The standard InChI is InChI=1S/C43H65N5O8/c1-28(2)33(37(50)45-27-31-16-12-11-13-17-31)23-24-34(29(3)4)46-39(52)36(26-30-19-21-32(49)22-20-30)47-38(51)35(48-41(54)56-43(8,9)10)18-14-15-25-44-40(53)55-42(5,6)7/h11-13,16-17,19-24,28-29,33-36,49H,14-15,18,25-27H2,1-10H3,(H,44,53)(H,45,50)(H,46,52)(H,47,51)(H,48,54)/b24-23+/t33?,34-,35+,36+/m1/s1. The highest BCUT2D eigenvalue weighted by atomic mass is 16.6. The van der Waals surface area contributed by atoms with Gasteiger partial charge in [-0.3, -0.25) is 14.4 Å². The summed E-state index contributed by atoms with van der Waals surface area (Å²) in [6, 6.07) is 13.3. The number of carbonyl (C=O) groups excluding carboxylic acids is 5. The van der Waals surface area contributed by atoms with Crippen LogP contribution in [0.15, 0.2) is 66.7 Å². The van der Waals surface area contributed by atoms with Crippen LogP contribution in [0.2, 0.25) is 0 Å². The van der Waals surface area contributed by atoms with Gasteiger partial charge < -0.3 is 41.2 Å². The molecule has 0 saturated carbocycles. The number of nitrogens with one attached hydrogen (secondary N) is 5. The van der Waals surface area contributed by atoms with Gasteiger partial charge in [-0.1, -0.05) is 82.3 Å². The monoisotopic (exact) mass is 779 g/mol. The van der Waals surface area contributed by atoms with Crippen LogP contribution in [0.5, 0.6) is 5.75 Å². The van der Waals surface area contributed by atoms with Crippen molar-refractivity contribution in [2.75, 3.05) is 6.54 Å². The molecule has 0 spiro atoms. The summed E-state index contributed by atoms with van der Waals surface area (Å²) in [5.41, 5.74) is 0.203. The third-order valence-electron chi connectivity index (χ3n) is 8.49. The molecule has 0 aromatic heterocycles. The van der Waals surface area contributed by atoms with Gasteiger partial charge in [0.1, 0.15) is 29.0 Å². The van der Waals surface area contributed by atoms with E-state index in [4.69, 9.17) is 9.47 Å². The van der Waals surface area contributed by atoms with Gasteiger partial charge in [-0.15, -0.1) is 0 Å². The van der Waals surface area contributed by atoms with Gasteiger partial charge >= 0.3 is 12.2 Å². The highest BCUT2D eigenvalue weighted by Gasteiger charge is 2.30. The summed E-state index contributed by atoms with van der Waals surface area (Å²) in [4.78, 5) is 66.2. The summed E-state index contributed by atoms with van der Waals surface area (Å²) < 4.78 is 10.7. The van der Waals surface area contributed by atoms with Gasteiger partial charge in [0, 0.05) is 25.6 Å². The summed E-state index contributed by atoms with van der Waals surface area (Å²) in [7, 11) is 0. The molecule has 2 aromatic carbocycles. The van der Waals surface area contributed by atoms with Gasteiger partial charge in [-0.2, -0.15) is 0 Å². The molecular weight excluding hydrogens is 714 g/mol. The molecule has 0 fully saturated rings. The largest absolute Gasteiger partial charge is 0.508 e. The van der Waals surface area contributed by atoms with Gasteiger partial charge in [-0.05, 0) is 95.9 Å². The van der Waals surface area contributed by atoms with Crippen molar-refractivity contribution in [3.05, 3.63) is 77.9 Å². The van der Waals surface area contributed by atoms with Gasteiger partial charge in [0.05, 0.1) is 5.92 Å². The Morgan fingerprint density at radius 3 is 1.80 bits per heavy atom. The number of benzene rings is 2. The maximum Gasteiger partial charge on any atom is 0.408 e. The minimum absolute atomic E-state index is 0.0189. The first-order chi connectivity index (χ1) is 26.1. The van der Waals surface area contributed by atoms with E-state index in [1.807, 2.05) is 70.2 Å². The van der Waals surface area contributed by atoms with Gasteiger partial charge in [0.2, 0.25) is 17.7 Å². The van der Waals surface area contributed by atoms with E-state index in [1.165, 1.54) is 12.1 Å². The van der Waals surface area contributed by atoms with Crippen molar-refractivity contribution in [2.45, 2.75) is 131 Å². The fourth-order valence-electron chi connectivity index (χ4n) is 5.50. The molecule has 0 saturated heterocycles. The van der Waals surface area contributed by atoms with Crippen LogP contribution in [0.3, 0.4) is 0 Å². The summed E-state index contributed by atoms with van der Waals surface area (Å²) in [5, 5.41) is 24.1. The fraction of sp³-hybridized carbons (Fsp3) is 0.558. The molecule has 310 valence electrons. The van der Waals surface area contributed by atoms with Crippen LogP contribution in [0, 0.1) is 17.8 Å². The summed E-state index contributed by atoms with van der Waals surface area (Å²) >= 11 is 0. The Hall–Kier alpha value is -5.07. The molecule has 0 aliphatic carbocycles. The Labute approximate surface area is 333 Å². The molecule has 13 nitrogen and oxygen atoms in total. The average Bonchev–Trinajstić information content (AvgIpc) is 3.08. The fourth-order valence-corrected chi connectivity index (χ4v) is 5.50. The number of alkyl carbamates (subject to hydrolysis) is 2. The summed E-state index contributed by atoms with van der Waals surface area (Å²) in [6.07, 6.45) is 3.50. The van der Waals surface area contributed by atoms with Gasteiger partial charge in [0.15, 0.2) is 0 Å². The molecule has 0 bridgehead atoms. The Bertz CT molecular complexity index is 1580. The van der Waals surface area contributed by atoms with Crippen LogP contribution in [0.25, 0.3) is 0 Å². The van der Waals surface area contributed by atoms with E-state index in [0.29, 0.717) is 24.9 Å². The lowest BCUT2D eigenvalue weighted by Crippen LogP contribution is -2.56. The van der Waals surface area contributed by atoms with E-state index in [2.05, 4.69) is 26.6 Å². The smallest absolute Gasteiger partial charge is 0.408 e. The first kappa shape index (κ1) is 47.1. The van der Waals surface area contributed by atoms with E-state index in [-0.39, 0.29) is 42.9 Å². The number of amides is 5. The van der Waals surface area contributed by atoms with E-state index in [1.54, 1.807) is 53.7 Å². The number of rotatable bonds is 19. The molecule has 0 aliphatic heterocycles. The van der Waals surface area contributed by atoms with Gasteiger partial charge in [0.25, 0.3) is 0 Å². The summed E-state index contributed by atoms with van der Waals surface area (Å²) in [6.45, 7) is 18.9. The molecule has 6 N–H and O–H groups in total. The van der Waals surface area contributed by atoms with Crippen molar-refractivity contribution >= 4 is 29.9 Å². The number of carbonyl (C=O) groups is 5. The predicted molar refractivity (Wildman–Crippen MR) is 218 cm³/mol. The molecule has 0 aliphatic rings. The minimum Gasteiger partial charge on any atom is -0.508 e. The second-order valence-electron chi connectivity index (χ2n) is 16.7. The van der Waals surface area contributed by atoms with Gasteiger partial charge in [-0.25, -0.2) is 9.59 Å². The van der Waals surface area contributed by atoms with E-state index in [0.717, 1.165) is 5.56 Å². The molecule has 2 aromatic rings. The first-order valence-electron chi connectivity index (χ1n) is 19.5. The van der Waals surface area contributed by atoms with Crippen LogP contribution in [0.1, 0.15) is 99.6 Å². The van der Waals surface area contributed by atoms with E-state index in [9.17, 15) is 29.1 Å². The maximum absolute atomic E-state index is 14.1. The first-order valence-corrected chi connectivity index (χ1v) is 19.5. The topological polar surface area (TPSA) is 184 Å². The number of phenols is 1. The van der Waals surface area contributed by atoms with Crippen LogP contribution in [-0.4, -0.2) is 70.9 Å². The molecule has 0 heterocycles. The van der Waals surface area contributed by atoms with Crippen LogP contribution < -0.4 is 26.6 Å². The van der Waals surface area contributed by atoms with Crippen molar-refractivity contribution in [3.63, 3.8) is 0 Å². The second-order valence-corrected chi connectivity index (χ2v) is 16.7. The number of hydrogen-bond donors (Lipinski definition) is 6. The predicted octanol–water partition coefficient (Wildman–Crippen LogP) is 6.29. The maximum atomic E-state index is 14.1. The third kappa shape index (κ3) is 19.0.